The van der Waals surface area contributed by atoms with Crippen LogP contribution in [0.5, 0.6) is 5.75 Å². The van der Waals surface area contributed by atoms with Crippen molar-refractivity contribution in [3.05, 3.63) is 77.0 Å². The first-order valence-corrected chi connectivity index (χ1v) is 9.72. The minimum atomic E-state index is -0.652. The van der Waals surface area contributed by atoms with E-state index < -0.39 is 17.8 Å². The fourth-order valence-electron chi connectivity index (χ4n) is 4.49. The van der Waals surface area contributed by atoms with E-state index in [0.29, 0.717) is 24.1 Å². The normalized spacial score (nSPS) is 24.0. The van der Waals surface area contributed by atoms with Crippen LogP contribution in [0.2, 0.25) is 0 Å². The number of rotatable bonds is 3. The Morgan fingerprint density at radius 1 is 1.03 bits per heavy atom. The number of Topliss-reactive ketones (excluding diaryl/α,β-unsaturated/α-hetero) is 1. The van der Waals surface area contributed by atoms with Crippen molar-refractivity contribution in [3.8, 4) is 5.75 Å². The molecule has 1 aliphatic carbocycles. The van der Waals surface area contributed by atoms with Crippen molar-refractivity contribution >= 4 is 17.5 Å². The fourth-order valence-corrected chi connectivity index (χ4v) is 4.49. The number of benzene rings is 2. The van der Waals surface area contributed by atoms with Gasteiger partial charge < -0.3 is 9.84 Å². The second-order valence-electron chi connectivity index (χ2n) is 7.62. The monoisotopic (exact) mass is 389 g/mol. The molecule has 0 bridgehead atoms. The summed E-state index contributed by atoms with van der Waals surface area (Å²) in [4.78, 5) is 30.6. The molecule has 0 aromatic heterocycles. The lowest BCUT2D eigenvalue weighted by atomic mass is 9.69. The van der Waals surface area contributed by atoms with Gasteiger partial charge in [0.15, 0.2) is 5.78 Å². The summed E-state index contributed by atoms with van der Waals surface area (Å²) in [7, 11) is 1.35. The molecule has 0 saturated carbocycles. The van der Waals surface area contributed by atoms with Gasteiger partial charge in [-0.25, -0.2) is 0 Å². The number of nitrogens with zero attached hydrogens (tertiary/aromatic N) is 1. The van der Waals surface area contributed by atoms with Gasteiger partial charge in [-0.3, -0.25) is 14.6 Å². The van der Waals surface area contributed by atoms with E-state index >= 15 is 0 Å². The Morgan fingerprint density at radius 3 is 2.38 bits per heavy atom. The Hall–Kier alpha value is -3.21. The number of allylic oxidation sites excluding steroid dienone is 2. The molecular weight excluding hydrogens is 366 g/mol. The van der Waals surface area contributed by atoms with Gasteiger partial charge in [0.05, 0.1) is 7.11 Å². The lowest BCUT2D eigenvalue weighted by Gasteiger charge is -2.36. The van der Waals surface area contributed by atoms with Crippen molar-refractivity contribution in [3.63, 3.8) is 0 Å². The molecule has 1 aliphatic heterocycles. The summed E-state index contributed by atoms with van der Waals surface area (Å²) in [5, 5.41) is 9.68. The summed E-state index contributed by atoms with van der Waals surface area (Å²) in [6.45, 7) is 1.81. The minimum absolute atomic E-state index is 0.0170. The number of hydrogen-bond acceptors (Lipinski definition) is 5. The van der Waals surface area contributed by atoms with Crippen LogP contribution in [0.15, 0.2) is 70.9 Å². The molecule has 5 nitrogen and oxygen atoms in total. The molecule has 1 unspecified atom stereocenters. The van der Waals surface area contributed by atoms with E-state index in [1.54, 1.807) is 24.3 Å². The van der Waals surface area contributed by atoms with Gasteiger partial charge in [0.2, 0.25) is 0 Å². The number of ether oxygens (including phenoxy) is 1. The standard InChI is InChI=1S/C24H23NO4/c1-14-21(24(28)29-2)22(16-8-10-18(26)11-9-16)23-19(25-14)12-17(13-20(23)27)15-6-4-3-5-7-15/h3-11,17,21-22,26H,12-13H2,1-2H3/t17-,21?,22+/m1/s1. The highest BCUT2D eigenvalue weighted by atomic mass is 16.5. The van der Waals surface area contributed by atoms with Gasteiger partial charge in [0, 0.05) is 29.3 Å². The molecule has 2 aliphatic rings. The Kier molecular flexibility index (Phi) is 5.05. The van der Waals surface area contributed by atoms with Crippen LogP contribution in [0.1, 0.15) is 42.7 Å². The molecule has 1 N–H and O–H groups in total. The van der Waals surface area contributed by atoms with E-state index in [9.17, 15) is 14.7 Å². The average Bonchev–Trinajstić information content (AvgIpc) is 2.73. The van der Waals surface area contributed by atoms with Gasteiger partial charge in [-0.15, -0.1) is 0 Å². The van der Waals surface area contributed by atoms with Crippen LogP contribution in [0.25, 0.3) is 0 Å². The van der Waals surface area contributed by atoms with Crippen molar-refractivity contribution in [2.24, 2.45) is 10.9 Å². The predicted molar refractivity (Wildman–Crippen MR) is 110 cm³/mol. The van der Waals surface area contributed by atoms with Gasteiger partial charge in [0.25, 0.3) is 0 Å². The number of aromatic hydroxyl groups is 1. The minimum Gasteiger partial charge on any atom is -0.508 e. The molecule has 0 amide bonds. The molecule has 0 fully saturated rings. The van der Waals surface area contributed by atoms with Gasteiger partial charge in [-0.1, -0.05) is 42.5 Å². The summed E-state index contributed by atoms with van der Waals surface area (Å²) in [6.07, 6.45) is 1.05. The van der Waals surface area contributed by atoms with Crippen LogP contribution in [-0.2, 0) is 14.3 Å². The quantitative estimate of drug-likeness (QED) is 0.801. The second-order valence-corrected chi connectivity index (χ2v) is 7.62. The number of carbonyl (C=O) groups excluding carboxylic acids is 2. The van der Waals surface area contributed by atoms with Crippen molar-refractivity contribution in [1.29, 1.82) is 0 Å². The SMILES string of the molecule is COC(=O)C1C(C)=NC2=C(C(=O)C[C@H](c3ccccc3)C2)[C@H]1c1ccc(O)cc1. The smallest absolute Gasteiger partial charge is 0.315 e. The maximum absolute atomic E-state index is 13.3. The highest BCUT2D eigenvalue weighted by molar-refractivity contribution is 6.09. The van der Waals surface area contributed by atoms with Gasteiger partial charge >= 0.3 is 5.97 Å². The van der Waals surface area contributed by atoms with E-state index in [1.807, 2.05) is 37.3 Å². The van der Waals surface area contributed by atoms with Crippen molar-refractivity contribution in [1.82, 2.24) is 0 Å². The van der Waals surface area contributed by atoms with E-state index in [-0.39, 0.29) is 17.5 Å². The number of carbonyl (C=O) groups is 2. The highest BCUT2D eigenvalue weighted by Crippen LogP contribution is 2.46. The molecule has 3 atom stereocenters. The number of ketones is 1. The predicted octanol–water partition coefficient (Wildman–Crippen LogP) is 4.14. The van der Waals surface area contributed by atoms with Crippen LogP contribution >= 0.6 is 0 Å². The Morgan fingerprint density at radius 2 is 1.72 bits per heavy atom. The first-order valence-electron chi connectivity index (χ1n) is 9.72. The van der Waals surface area contributed by atoms with Gasteiger partial charge in [-0.05, 0) is 42.5 Å². The Bertz CT molecular complexity index is 1000. The number of phenolic OH excluding ortho intramolecular Hbond substituents is 1. The third kappa shape index (κ3) is 3.48. The van der Waals surface area contributed by atoms with E-state index in [4.69, 9.17) is 9.73 Å². The van der Waals surface area contributed by atoms with Crippen LogP contribution < -0.4 is 0 Å². The Labute approximate surface area is 169 Å². The van der Waals surface area contributed by atoms with Crippen LogP contribution in [0.3, 0.4) is 0 Å². The largest absolute Gasteiger partial charge is 0.508 e. The van der Waals surface area contributed by atoms with E-state index in [2.05, 4.69) is 0 Å². The molecule has 29 heavy (non-hydrogen) atoms. The van der Waals surface area contributed by atoms with Crippen molar-refractivity contribution in [2.75, 3.05) is 7.11 Å². The van der Waals surface area contributed by atoms with Crippen LogP contribution in [-0.4, -0.2) is 29.7 Å². The lowest BCUT2D eigenvalue weighted by Crippen LogP contribution is -2.37. The van der Waals surface area contributed by atoms with E-state index in [0.717, 1.165) is 16.8 Å². The molecule has 0 radical (unpaired) electrons. The molecule has 0 spiro atoms. The number of hydrogen-bond donors (Lipinski definition) is 1. The van der Waals surface area contributed by atoms with E-state index in [1.165, 1.54) is 7.11 Å². The second kappa shape index (κ2) is 7.66. The average molecular weight is 389 g/mol. The zero-order valence-corrected chi connectivity index (χ0v) is 16.5. The maximum atomic E-state index is 13.3. The number of esters is 1. The highest BCUT2D eigenvalue weighted by Gasteiger charge is 2.44. The van der Waals surface area contributed by atoms with Crippen LogP contribution in [0.4, 0.5) is 0 Å². The molecular formula is C24H23NO4. The fraction of sp³-hybridized carbons (Fsp3) is 0.292. The first kappa shape index (κ1) is 19.1. The first-order chi connectivity index (χ1) is 14.0. The lowest BCUT2D eigenvalue weighted by molar-refractivity contribution is -0.143. The van der Waals surface area contributed by atoms with Crippen LogP contribution in [0, 0.1) is 5.92 Å². The van der Waals surface area contributed by atoms with Gasteiger partial charge in [0.1, 0.15) is 11.7 Å². The topological polar surface area (TPSA) is 76.0 Å². The molecule has 2 aromatic rings. The maximum Gasteiger partial charge on any atom is 0.315 e. The zero-order valence-electron chi connectivity index (χ0n) is 16.5. The molecule has 148 valence electrons. The summed E-state index contributed by atoms with van der Waals surface area (Å²) >= 11 is 0. The summed E-state index contributed by atoms with van der Waals surface area (Å²) in [5.74, 6) is -1.29. The molecule has 4 rings (SSSR count). The number of phenols is 1. The molecule has 2 aromatic carbocycles. The molecule has 0 saturated heterocycles. The zero-order chi connectivity index (χ0) is 20.5. The summed E-state index contributed by atoms with van der Waals surface area (Å²) in [6, 6.07) is 16.7. The van der Waals surface area contributed by atoms with Crippen molar-refractivity contribution < 1.29 is 19.4 Å². The molecule has 1 heterocycles. The molecule has 5 heteroatoms. The van der Waals surface area contributed by atoms with Gasteiger partial charge in [-0.2, -0.15) is 0 Å². The summed E-state index contributed by atoms with van der Waals surface area (Å²) < 4.78 is 5.04. The summed E-state index contributed by atoms with van der Waals surface area (Å²) in [5.41, 5.74) is 3.92. The third-order valence-corrected chi connectivity index (χ3v) is 5.87. The Balaban J connectivity index is 1.81. The number of aliphatic imine (C=N–C) groups is 1. The third-order valence-electron chi connectivity index (χ3n) is 5.87. The van der Waals surface area contributed by atoms with Crippen molar-refractivity contribution in [2.45, 2.75) is 31.6 Å². The number of methoxy groups -OCH3 is 1.